The SMILES string of the molecule is COc1c(F)cc(C=C(C#N)C#N)cc1I. The highest BCUT2D eigenvalue weighted by atomic mass is 127. The number of ether oxygens (including phenoxy) is 1. The van der Waals surface area contributed by atoms with Crippen LogP contribution in [0.3, 0.4) is 0 Å². The summed E-state index contributed by atoms with van der Waals surface area (Å²) in [4.78, 5) is 0. The molecule has 1 aromatic carbocycles. The fraction of sp³-hybridized carbons (Fsp3) is 0.0909. The van der Waals surface area contributed by atoms with Crippen LogP contribution in [0.25, 0.3) is 6.08 Å². The average molecular weight is 328 g/mol. The maximum Gasteiger partial charge on any atom is 0.167 e. The number of nitriles is 2. The smallest absolute Gasteiger partial charge is 0.167 e. The summed E-state index contributed by atoms with van der Waals surface area (Å²) in [6, 6.07) is 6.28. The van der Waals surface area contributed by atoms with E-state index in [4.69, 9.17) is 15.3 Å². The molecular formula is C11H6FIN2O. The van der Waals surface area contributed by atoms with E-state index in [9.17, 15) is 4.39 Å². The Labute approximate surface area is 106 Å². The Hall–Kier alpha value is -1.60. The van der Waals surface area contributed by atoms with E-state index >= 15 is 0 Å². The second kappa shape index (κ2) is 5.47. The van der Waals surface area contributed by atoms with Gasteiger partial charge in [-0.15, -0.1) is 0 Å². The topological polar surface area (TPSA) is 56.8 Å². The van der Waals surface area contributed by atoms with Gasteiger partial charge in [0.25, 0.3) is 0 Å². The van der Waals surface area contributed by atoms with Crippen molar-refractivity contribution >= 4 is 28.7 Å². The number of hydrogen-bond donors (Lipinski definition) is 0. The van der Waals surface area contributed by atoms with Gasteiger partial charge in [-0.05, 0) is 46.4 Å². The summed E-state index contributed by atoms with van der Waals surface area (Å²) >= 11 is 1.92. The van der Waals surface area contributed by atoms with Crippen LogP contribution < -0.4 is 4.74 Å². The van der Waals surface area contributed by atoms with E-state index in [0.29, 0.717) is 9.13 Å². The zero-order valence-electron chi connectivity index (χ0n) is 8.29. The number of hydrogen-bond acceptors (Lipinski definition) is 3. The highest BCUT2D eigenvalue weighted by Gasteiger charge is 2.08. The molecule has 0 aliphatic heterocycles. The average Bonchev–Trinajstić information content (AvgIpc) is 2.25. The summed E-state index contributed by atoms with van der Waals surface area (Å²) in [5, 5.41) is 17.1. The van der Waals surface area contributed by atoms with Crippen molar-refractivity contribution in [2.75, 3.05) is 7.11 Å². The summed E-state index contributed by atoms with van der Waals surface area (Å²) < 4.78 is 18.9. The maximum absolute atomic E-state index is 13.4. The number of allylic oxidation sites excluding steroid dienone is 1. The van der Waals surface area contributed by atoms with Crippen molar-refractivity contribution in [1.29, 1.82) is 10.5 Å². The van der Waals surface area contributed by atoms with Gasteiger partial charge in [0, 0.05) is 0 Å². The zero-order valence-corrected chi connectivity index (χ0v) is 10.4. The van der Waals surface area contributed by atoms with E-state index < -0.39 is 5.82 Å². The van der Waals surface area contributed by atoms with Gasteiger partial charge in [-0.3, -0.25) is 0 Å². The van der Waals surface area contributed by atoms with Crippen LogP contribution in [-0.2, 0) is 0 Å². The van der Waals surface area contributed by atoms with Crippen molar-refractivity contribution in [1.82, 2.24) is 0 Å². The molecule has 0 fully saturated rings. The van der Waals surface area contributed by atoms with E-state index in [1.807, 2.05) is 22.6 Å². The van der Waals surface area contributed by atoms with Crippen molar-refractivity contribution in [3.63, 3.8) is 0 Å². The molecule has 80 valence electrons. The Balaban J connectivity index is 3.27. The highest BCUT2D eigenvalue weighted by molar-refractivity contribution is 14.1. The Bertz CT molecular complexity index is 487. The molecule has 0 amide bonds. The predicted molar refractivity (Wildman–Crippen MR) is 64.9 cm³/mol. The molecular weight excluding hydrogens is 322 g/mol. The lowest BCUT2D eigenvalue weighted by molar-refractivity contribution is 0.383. The van der Waals surface area contributed by atoms with Gasteiger partial charge in [-0.1, -0.05) is 0 Å². The van der Waals surface area contributed by atoms with E-state index in [0.717, 1.165) is 0 Å². The minimum Gasteiger partial charge on any atom is -0.493 e. The molecule has 5 heteroatoms. The van der Waals surface area contributed by atoms with E-state index in [2.05, 4.69) is 0 Å². The highest BCUT2D eigenvalue weighted by Crippen LogP contribution is 2.26. The van der Waals surface area contributed by atoms with Crippen LogP contribution >= 0.6 is 22.6 Å². The molecule has 0 saturated heterocycles. The molecule has 0 heterocycles. The fourth-order valence-corrected chi connectivity index (χ4v) is 1.95. The first-order chi connectivity index (χ1) is 7.62. The minimum atomic E-state index is -0.518. The number of rotatable bonds is 2. The lowest BCUT2D eigenvalue weighted by atomic mass is 10.1. The third kappa shape index (κ3) is 2.71. The predicted octanol–water partition coefficient (Wildman–Crippen LogP) is 2.87. The Morgan fingerprint density at radius 1 is 1.44 bits per heavy atom. The van der Waals surface area contributed by atoms with Gasteiger partial charge in [0.05, 0.1) is 10.7 Å². The standard InChI is InChI=1S/C11H6FIN2O/c1-16-11-9(12)3-7(4-10(11)13)2-8(5-14)6-15/h2-4H,1H3. The molecule has 0 N–H and O–H groups in total. The van der Waals surface area contributed by atoms with E-state index in [1.165, 1.54) is 19.3 Å². The lowest BCUT2D eigenvalue weighted by Crippen LogP contribution is -1.92. The lowest BCUT2D eigenvalue weighted by Gasteiger charge is -2.05. The Morgan fingerprint density at radius 2 is 2.06 bits per heavy atom. The molecule has 0 aromatic heterocycles. The van der Waals surface area contributed by atoms with Crippen molar-refractivity contribution < 1.29 is 9.13 Å². The molecule has 1 aromatic rings. The number of nitrogens with zero attached hydrogens (tertiary/aromatic N) is 2. The number of halogens is 2. The van der Waals surface area contributed by atoms with Crippen LogP contribution in [0.5, 0.6) is 5.75 Å². The zero-order chi connectivity index (χ0) is 12.1. The quantitative estimate of drug-likeness (QED) is 0.620. The van der Waals surface area contributed by atoms with Crippen molar-refractivity contribution in [2.45, 2.75) is 0 Å². The third-order valence-corrected chi connectivity index (χ3v) is 2.58. The van der Waals surface area contributed by atoms with Crippen molar-refractivity contribution in [3.8, 4) is 17.9 Å². The molecule has 0 spiro atoms. The molecule has 0 aliphatic carbocycles. The molecule has 0 unspecified atom stereocenters. The number of benzene rings is 1. The fourth-order valence-electron chi connectivity index (χ4n) is 1.11. The first-order valence-electron chi connectivity index (χ1n) is 4.17. The largest absolute Gasteiger partial charge is 0.493 e. The summed E-state index contributed by atoms with van der Waals surface area (Å²) in [5.74, 6) is -0.357. The molecule has 0 bridgehead atoms. The summed E-state index contributed by atoms with van der Waals surface area (Å²) in [7, 11) is 1.38. The van der Waals surface area contributed by atoms with Gasteiger partial charge in [0.1, 0.15) is 17.7 Å². The van der Waals surface area contributed by atoms with Crippen LogP contribution in [0.2, 0.25) is 0 Å². The first kappa shape index (κ1) is 12.5. The van der Waals surface area contributed by atoms with Gasteiger partial charge < -0.3 is 4.74 Å². The molecule has 16 heavy (non-hydrogen) atoms. The molecule has 3 nitrogen and oxygen atoms in total. The van der Waals surface area contributed by atoms with Gasteiger partial charge in [0.2, 0.25) is 0 Å². The van der Waals surface area contributed by atoms with E-state index in [1.54, 1.807) is 18.2 Å². The van der Waals surface area contributed by atoms with E-state index in [-0.39, 0.29) is 11.3 Å². The molecule has 0 radical (unpaired) electrons. The van der Waals surface area contributed by atoms with Crippen LogP contribution in [0.1, 0.15) is 5.56 Å². The monoisotopic (exact) mass is 328 g/mol. The summed E-state index contributed by atoms with van der Waals surface area (Å²) in [6.07, 6.45) is 1.32. The second-order valence-electron chi connectivity index (χ2n) is 2.80. The van der Waals surface area contributed by atoms with Gasteiger partial charge >= 0.3 is 0 Å². The Kier molecular flexibility index (Phi) is 4.27. The molecule has 0 aliphatic rings. The first-order valence-corrected chi connectivity index (χ1v) is 5.25. The van der Waals surface area contributed by atoms with Crippen LogP contribution in [-0.4, -0.2) is 7.11 Å². The number of methoxy groups -OCH3 is 1. The maximum atomic E-state index is 13.4. The molecule has 0 saturated carbocycles. The van der Waals surface area contributed by atoms with Crippen molar-refractivity contribution in [2.24, 2.45) is 0 Å². The van der Waals surface area contributed by atoms with Crippen LogP contribution in [0.15, 0.2) is 17.7 Å². The normalized spacial score (nSPS) is 8.81. The van der Waals surface area contributed by atoms with Gasteiger partial charge in [-0.25, -0.2) is 4.39 Å². The second-order valence-corrected chi connectivity index (χ2v) is 3.96. The third-order valence-electron chi connectivity index (χ3n) is 1.78. The summed E-state index contributed by atoms with van der Waals surface area (Å²) in [6.45, 7) is 0. The molecule has 0 atom stereocenters. The van der Waals surface area contributed by atoms with Gasteiger partial charge in [-0.2, -0.15) is 10.5 Å². The van der Waals surface area contributed by atoms with Gasteiger partial charge in [0.15, 0.2) is 11.6 Å². The van der Waals surface area contributed by atoms with Crippen molar-refractivity contribution in [3.05, 3.63) is 32.7 Å². The molecule has 1 rings (SSSR count). The minimum absolute atomic E-state index is 0.0691. The summed E-state index contributed by atoms with van der Waals surface area (Å²) in [5.41, 5.74) is 0.390. The Morgan fingerprint density at radius 3 is 2.50 bits per heavy atom. The van der Waals surface area contributed by atoms with Crippen LogP contribution in [0, 0.1) is 32.0 Å². The van der Waals surface area contributed by atoms with Crippen LogP contribution in [0.4, 0.5) is 4.39 Å².